The Hall–Kier alpha value is -1.53. The van der Waals surface area contributed by atoms with Crippen molar-refractivity contribution in [3.8, 4) is 0 Å². The fourth-order valence-corrected chi connectivity index (χ4v) is 2.70. The van der Waals surface area contributed by atoms with Crippen LogP contribution >= 0.6 is 0 Å². The molecule has 2 aromatic rings. The van der Waals surface area contributed by atoms with Crippen LogP contribution in [0.3, 0.4) is 0 Å². The fraction of sp³-hybridized carbons (Fsp3) is 0.154. The average molecular weight is 342 g/mol. The summed E-state index contributed by atoms with van der Waals surface area (Å²) in [5.41, 5.74) is -0.0164. The number of fused-ring (bicyclic) bond motifs is 1. The van der Waals surface area contributed by atoms with Crippen molar-refractivity contribution in [3.05, 3.63) is 48.0 Å². The van der Waals surface area contributed by atoms with Crippen molar-refractivity contribution in [1.29, 1.82) is 0 Å². The molecule has 0 saturated heterocycles. The van der Waals surface area contributed by atoms with Gasteiger partial charge in [-0.3, -0.25) is 4.55 Å². The van der Waals surface area contributed by atoms with Gasteiger partial charge in [0.2, 0.25) is 16.3 Å². The number of ether oxygens (including phenoxy) is 1. The lowest BCUT2D eigenvalue weighted by atomic mass is 10.1. The minimum Gasteiger partial charge on any atom is -0.470 e. The molecule has 1 N–H and O–H groups in total. The quantitative estimate of drug-likeness (QED) is 0.522. The van der Waals surface area contributed by atoms with E-state index in [0.717, 1.165) is 5.39 Å². The van der Waals surface area contributed by atoms with Gasteiger partial charge in [0.1, 0.15) is 0 Å². The molecule has 2 aromatic carbocycles. The van der Waals surface area contributed by atoms with Crippen LogP contribution in [0.5, 0.6) is 0 Å². The zero-order valence-electron chi connectivity index (χ0n) is 10.9. The van der Waals surface area contributed by atoms with Gasteiger partial charge in [-0.15, -0.1) is 0 Å². The van der Waals surface area contributed by atoms with Crippen molar-refractivity contribution < 1.29 is 31.3 Å². The summed E-state index contributed by atoms with van der Waals surface area (Å²) in [7, 11) is -5.70. The first kappa shape index (κ1) is 16.8. The van der Waals surface area contributed by atoms with E-state index in [9.17, 15) is 22.0 Å². The third-order valence-corrected chi connectivity index (χ3v) is 4.61. The number of esters is 1. The third kappa shape index (κ3) is 3.28. The number of benzene rings is 2. The van der Waals surface area contributed by atoms with Crippen LogP contribution in [0.25, 0.3) is 10.8 Å². The maximum atomic E-state index is 13.3. The molecular formula is C13H9AlF2O5S. The molecule has 0 saturated carbocycles. The molecule has 9 heteroatoms. The number of hydrogen-bond donors (Lipinski definition) is 1. The summed E-state index contributed by atoms with van der Waals surface area (Å²) >= 11 is 1.38. The molecule has 0 aliphatic heterocycles. The number of carbonyl (C=O) groups is 1. The highest BCUT2D eigenvalue weighted by atomic mass is 32.2. The summed E-state index contributed by atoms with van der Waals surface area (Å²) in [5, 5.41) is -3.09. The highest BCUT2D eigenvalue weighted by molar-refractivity contribution is 7.87. The van der Waals surface area contributed by atoms with Crippen molar-refractivity contribution in [2.24, 2.45) is 0 Å². The Morgan fingerprint density at radius 1 is 1.18 bits per heavy atom. The topological polar surface area (TPSA) is 80.7 Å². The van der Waals surface area contributed by atoms with Crippen LogP contribution in [0, 0.1) is 0 Å². The summed E-state index contributed by atoms with van der Waals surface area (Å²) < 4.78 is 60.7. The number of alkyl halides is 2. The van der Waals surface area contributed by atoms with E-state index in [0.29, 0.717) is 5.39 Å². The largest absolute Gasteiger partial charge is 0.470 e. The molecule has 0 spiro atoms. The Balaban J connectivity index is 2.24. The SMILES string of the molecule is O=C(O[CH]([Al])C(F)(F)S(=O)(=O)O)c1ccc2ccccc2c1. The van der Waals surface area contributed by atoms with Crippen LogP contribution < -0.4 is 0 Å². The predicted molar refractivity (Wildman–Crippen MR) is 75.4 cm³/mol. The molecule has 0 heterocycles. The Bertz CT molecular complexity index is 822. The third-order valence-electron chi connectivity index (χ3n) is 2.89. The maximum Gasteiger partial charge on any atom is 0.389 e. The number of hydrogen-bond acceptors (Lipinski definition) is 4. The smallest absolute Gasteiger partial charge is 0.389 e. The lowest BCUT2D eigenvalue weighted by Crippen LogP contribution is -2.44. The molecule has 2 radical (unpaired) electrons. The van der Waals surface area contributed by atoms with Gasteiger partial charge in [0.25, 0.3) is 0 Å². The molecule has 0 aromatic heterocycles. The minimum atomic E-state index is -5.70. The second-order valence-electron chi connectivity index (χ2n) is 4.42. The Kier molecular flexibility index (Phi) is 4.54. The lowest BCUT2D eigenvalue weighted by molar-refractivity contribution is -0.0286. The summed E-state index contributed by atoms with van der Waals surface area (Å²) in [4.78, 5) is 9.41. The summed E-state index contributed by atoms with van der Waals surface area (Å²) in [5.74, 6) is -1.13. The first-order chi connectivity index (χ1) is 10.1. The van der Waals surface area contributed by atoms with Crippen LogP contribution in [0.4, 0.5) is 8.78 Å². The molecule has 2 rings (SSSR count). The minimum absolute atomic E-state index is 0.0164. The molecule has 0 amide bonds. The predicted octanol–water partition coefficient (Wildman–Crippen LogP) is 1.97. The zero-order valence-corrected chi connectivity index (χ0v) is 12.9. The summed E-state index contributed by atoms with van der Waals surface area (Å²) in [6.45, 7) is 0. The molecule has 1 unspecified atom stereocenters. The van der Waals surface area contributed by atoms with E-state index in [4.69, 9.17) is 4.55 Å². The summed E-state index contributed by atoms with van der Waals surface area (Å²) in [6, 6.07) is 11.5. The van der Waals surface area contributed by atoms with E-state index < -0.39 is 26.3 Å². The Morgan fingerprint density at radius 2 is 1.77 bits per heavy atom. The van der Waals surface area contributed by atoms with E-state index in [2.05, 4.69) is 4.74 Å². The van der Waals surface area contributed by atoms with E-state index >= 15 is 0 Å². The van der Waals surface area contributed by atoms with E-state index in [1.54, 1.807) is 30.3 Å². The van der Waals surface area contributed by atoms with Gasteiger partial charge >= 0.3 is 21.3 Å². The van der Waals surface area contributed by atoms with Gasteiger partial charge in [0, 0.05) is 0 Å². The van der Waals surface area contributed by atoms with Crippen LogP contribution in [0.1, 0.15) is 10.4 Å². The molecule has 0 bridgehead atoms. The maximum absolute atomic E-state index is 13.3. The van der Waals surface area contributed by atoms with Gasteiger partial charge in [0.15, 0.2) is 0 Å². The van der Waals surface area contributed by atoms with Crippen LogP contribution in [0.15, 0.2) is 42.5 Å². The fourth-order valence-electron chi connectivity index (χ4n) is 1.72. The molecule has 1 atom stereocenters. The lowest BCUT2D eigenvalue weighted by Gasteiger charge is -2.22. The van der Waals surface area contributed by atoms with Gasteiger partial charge in [0.05, 0.1) is 10.5 Å². The number of rotatable bonds is 4. The van der Waals surface area contributed by atoms with Crippen molar-refractivity contribution in [1.82, 2.24) is 0 Å². The number of carbonyl (C=O) groups excluding carboxylic acids is 1. The van der Waals surface area contributed by atoms with Gasteiger partial charge in [-0.25, -0.2) is 4.79 Å². The molecular weight excluding hydrogens is 333 g/mol. The Labute approximate surface area is 133 Å². The van der Waals surface area contributed by atoms with Gasteiger partial charge in [-0.05, 0) is 22.9 Å². The molecule has 114 valence electrons. The second kappa shape index (κ2) is 5.93. The summed E-state index contributed by atoms with van der Waals surface area (Å²) in [6.07, 6.45) is 0. The van der Waals surface area contributed by atoms with Gasteiger partial charge in [-0.2, -0.15) is 17.2 Å². The molecule has 0 aliphatic carbocycles. The normalized spacial score (nSPS) is 13.8. The van der Waals surface area contributed by atoms with Crippen LogP contribution in [0.2, 0.25) is 0 Å². The van der Waals surface area contributed by atoms with Gasteiger partial charge < -0.3 is 4.74 Å². The van der Waals surface area contributed by atoms with E-state index in [-0.39, 0.29) is 5.56 Å². The average Bonchev–Trinajstić information content (AvgIpc) is 2.45. The highest BCUT2D eigenvalue weighted by Gasteiger charge is 2.50. The van der Waals surface area contributed by atoms with Gasteiger partial charge in [-0.1, -0.05) is 30.3 Å². The molecule has 5 nitrogen and oxygen atoms in total. The Morgan fingerprint density at radius 3 is 2.36 bits per heavy atom. The van der Waals surface area contributed by atoms with E-state index in [1.165, 1.54) is 28.4 Å². The molecule has 0 aliphatic rings. The van der Waals surface area contributed by atoms with Crippen molar-refractivity contribution in [2.45, 2.75) is 10.2 Å². The highest BCUT2D eigenvalue weighted by Crippen LogP contribution is 2.26. The first-order valence-corrected chi connectivity index (χ1v) is 8.04. The van der Waals surface area contributed by atoms with E-state index in [1.807, 2.05) is 0 Å². The molecule has 22 heavy (non-hydrogen) atoms. The molecule has 0 fully saturated rings. The first-order valence-electron chi connectivity index (χ1n) is 5.93. The van der Waals surface area contributed by atoms with Crippen molar-refractivity contribution in [2.75, 3.05) is 0 Å². The van der Waals surface area contributed by atoms with Crippen LogP contribution in [-0.2, 0) is 14.9 Å². The standard InChI is InChI=1S/C13H9F2O5S.Al/c14-13(15,21(17,18)19)8-20-12(16)11-6-5-9-3-1-2-4-10(9)7-11;/h1-8H,(H,17,18,19);. The second-order valence-corrected chi connectivity index (χ2v) is 6.52. The van der Waals surface area contributed by atoms with Crippen molar-refractivity contribution in [3.63, 3.8) is 0 Å². The monoisotopic (exact) mass is 342 g/mol. The zero-order chi connectivity index (χ0) is 16.5. The number of halogens is 2. The van der Waals surface area contributed by atoms with Crippen LogP contribution in [-0.4, -0.2) is 45.5 Å². The van der Waals surface area contributed by atoms with Crippen molar-refractivity contribution >= 4 is 43.2 Å².